The number of para-hydroxylation sites is 1. The highest BCUT2D eigenvalue weighted by atomic mass is 16.5. The van der Waals surface area contributed by atoms with Gasteiger partial charge in [-0.3, -0.25) is 9.59 Å². The van der Waals surface area contributed by atoms with Gasteiger partial charge in [0.1, 0.15) is 6.04 Å². The van der Waals surface area contributed by atoms with Crippen molar-refractivity contribution in [1.82, 2.24) is 5.32 Å². The van der Waals surface area contributed by atoms with Gasteiger partial charge in [0.05, 0.1) is 21.3 Å². The second kappa shape index (κ2) is 8.93. The standard InChI is InChI=1S/C20H24N2O5/c1-12-8-6-7-9-15(12)22-19(23)13(2)21-20(24)14-10-16(25-3)18(27-5)17(11-14)26-4/h6-11,13H,1-5H3,(H,21,24)(H,22,23)/t13-/m0/s1. The van der Waals surface area contributed by atoms with E-state index in [1.54, 1.807) is 13.0 Å². The molecule has 2 aromatic carbocycles. The number of carbonyl (C=O) groups is 2. The van der Waals surface area contributed by atoms with E-state index in [0.29, 0.717) is 28.5 Å². The minimum atomic E-state index is -0.740. The van der Waals surface area contributed by atoms with Crippen molar-refractivity contribution in [3.63, 3.8) is 0 Å². The van der Waals surface area contributed by atoms with Crippen molar-refractivity contribution in [2.24, 2.45) is 0 Å². The summed E-state index contributed by atoms with van der Waals surface area (Å²) in [7, 11) is 4.42. The SMILES string of the molecule is COc1cc(C(=O)N[C@@H](C)C(=O)Nc2ccccc2C)cc(OC)c1OC. The lowest BCUT2D eigenvalue weighted by atomic mass is 10.1. The summed E-state index contributed by atoms with van der Waals surface area (Å²) >= 11 is 0. The van der Waals surface area contributed by atoms with Crippen LogP contribution in [0.1, 0.15) is 22.8 Å². The summed E-state index contributed by atoms with van der Waals surface area (Å²) in [5.74, 6) is 0.367. The summed E-state index contributed by atoms with van der Waals surface area (Å²) in [6.07, 6.45) is 0. The number of aryl methyl sites for hydroxylation is 1. The number of carbonyl (C=O) groups excluding carboxylic acids is 2. The molecule has 144 valence electrons. The molecular weight excluding hydrogens is 348 g/mol. The Kier molecular flexibility index (Phi) is 6.65. The predicted molar refractivity (Wildman–Crippen MR) is 103 cm³/mol. The summed E-state index contributed by atoms with van der Waals surface area (Å²) in [6.45, 7) is 3.51. The Morgan fingerprint density at radius 3 is 2.07 bits per heavy atom. The van der Waals surface area contributed by atoms with Crippen molar-refractivity contribution < 1.29 is 23.8 Å². The van der Waals surface area contributed by atoms with Gasteiger partial charge in [0, 0.05) is 11.3 Å². The Hall–Kier alpha value is -3.22. The third-order valence-electron chi connectivity index (χ3n) is 4.07. The van der Waals surface area contributed by atoms with Gasteiger partial charge in [0.2, 0.25) is 11.7 Å². The van der Waals surface area contributed by atoms with Gasteiger partial charge in [-0.05, 0) is 37.6 Å². The molecule has 0 saturated heterocycles. The smallest absolute Gasteiger partial charge is 0.252 e. The molecule has 2 amide bonds. The maximum absolute atomic E-state index is 12.6. The number of methoxy groups -OCH3 is 3. The number of amides is 2. The fourth-order valence-corrected chi connectivity index (χ4v) is 2.51. The quantitative estimate of drug-likeness (QED) is 0.781. The Bertz CT molecular complexity index is 810. The molecule has 7 nitrogen and oxygen atoms in total. The van der Waals surface area contributed by atoms with Crippen LogP contribution in [0.5, 0.6) is 17.2 Å². The van der Waals surface area contributed by atoms with Crippen molar-refractivity contribution >= 4 is 17.5 Å². The maximum atomic E-state index is 12.6. The topological polar surface area (TPSA) is 85.9 Å². The normalized spacial score (nSPS) is 11.3. The number of benzene rings is 2. The zero-order valence-corrected chi connectivity index (χ0v) is 16.1. The minimum absolute atomic E-state index is 0.292. The molecule has 0 saturated carbocycles. The van der Waals surface area contributed by atoms with E-state index < -0.39 is 11.9 Å². The monoisotopic (exact) mass is 372 g/mol. The summed E-state index contributed by atoms with van der Waals surface area (Å²) in [5.41, 5.74) is 1.94. The largest absolute Gasteiger partial charge is 0.493 e. The molecule has 2 N–H and O–H groups in total. The van der Waals surface area contributed by atoms with Gasteiger partial charge in [0.25, 0.3) is 5.91 Å². The van der Waals surface area contributed by atoms with Crippen LogP contribution in [0.15, 0.2) is 36.4 Å². The summed E-state index contributed by atoms with van der Waals surface area (Å²) in [5, 5.41) is 5.48. The van der Waals surface area contributed by atoms with Crippen LogP contribution >= 0.6 is 0 Å². The third-order valence-corrected chi connectivity index (χ3v) is 4.07. The summed E-state index contributed by atoms with van der Waals surface area (Å²) < 4.78 is 15.7. The van der Waals surface area contributed by atoms with Crippen molar-refractivity contribution in [2.45, 2.75) is 19.9 Å². The molecule has 0 bridgehead atoms. The van der Waals surface area contributed by atoms with E-state index in [-0.39, 0.29) is 5.91 Å². The van der Waals surface area contributed by atoms with Gasteiger partial charge in [-0.25, -0.2) is 0 Å². The fraction of sp³-hybridized carbons (Fsp3) is 0.300. The van der Waals surface area contributed by atoms with Crippen molar-refractivity contribution in [3.8, 4) is 17.2 Å². The zero-order valence-electron chi connectivity index (χ0n) is 16.1. The van der Waals surface area contributed by atoms with E-state index in [0.717, 1.165) is 5.56 Å². The summed E-state index contributed by atoms with van der Waals surface area (Å²) in [6, 6.07) is 9.75. The number of anilines is 1. The molecule has 2 rings (SSSR count). The van der Waals surface area contributed by atoms with Crippen LogP contribution in [0.2, 0.25) is 0 Å². The van der Waals surface area contributed by atoms with Crippen LogP contribution < -0.4 is 24.8 Å². The Labute approximate surface area is 158 Å². The molecule has 0 aliphatic rings. The molecule has 1 atom stereocenters. The number of ether oxygens (including phenoxy) is 3. The van der Waals surface area contributed by atoms with Crippen LogP contribution in [0.3, 0.4) is 0 Å². The van der Waals surface area contributed by atoms with Crippen LogP contribution in [0.4, 0.5) is 5.69 Å². The van der Waals surface area contributed by atoms with Gasteiger partial charge in [-0.15, -0.1) is 0 Å². The molecule has 0 spiro atoms. The minimum Gasteiger partial charge on any atom is -0.493 e. The van der Waals surface area contributed by atoms with Gasteiger partial charge in [0.15, 0.2) is 11.5 Å². The highest BCUT2D eigenvalue weighted by molar-refractivity contribution is 6.01. The number of nitrogens with one attached hydrogen (secondary N) is 2. The first kappa shape index (κ1) is 20.1. The Morgan fingerprint density at radius 1 is 0.963 bits per heavy atom. The van der Waals surface area contributed by atoms with E-state index in [4.69, 9.17) is 14.2 Å². The van der Waals surface area contributed by atoms with Gasteiger partial charge in [-0.2, -0.15) is 0 Å². The number of rotatable bonds is 7. The van der Waals surface area contributed by atoms with Gasteiger partial charge in [-0.1, -0.05) is 18.2 Å². The first-order valence-electron chi connectivity index (χ1n) is 8.38. The first-order valence-corrected chi connectivity index (χ1v) is 8.38. The molecule has 0 aliphatic heterocycles. The molecule has 0 aliphatic carbocycles. The van der Waals surface area contributed by atoms with Crippen LogP contribution in [0, 0.1) is 6.92 Å². The van der Waals surface area contributed by atoms with Gasteiger partial charge >= 0.3 is 0 Å². The lowest BCUT2D eigenvalue weighted by Gasteiger charge is -2.17. The summed E-state index contributed by atoms with van der Waals surface area (Å²) in [4.78, 5) is 25.0. The third kappa shape index (κ3) is 4.69. The molecule has 0 radical (unpaired) electrons. The van der Waals surface area contributed by atoms with Gasteiger partial charge < -0.3 is 24.8 Å². The van der Waals surface area contributed by atoms with Crippen molar-refractivity contribution in [1.29, 1.82) is 0 Å². The van der Waals surface area contributed by atoms with E-state index >= 15 is 0 Å². The molecule has 0 heterocycles. The molecule has 7 heteroatoms. The van der Waals surface area contributed by atoms with E-state index in [1.165, 1.54) is 33.5 Å². The van der Waals surface area contributed by atoms with Crippen molar-refractivity contribution in [2.75, 3.05) is 26.6 Å². The Balaban J connectivity index is 2.14. The number of hydrogen-bond acceptors (Lipinski definition) is 5. The van der Waals surface area contributed by atoms with Crippen molar-refractivity contribution in [3.05, 3.63) is 47.5 Å². The molecule has 0 fully saturated rings. The van der Waals surface area contributed by atoms with Crippen LogP contribution in [0.25, 0.3) is 0 Å². The molecule has 0 unspecified atom stereocenters. The fourth-order valence-electron chi connectivity index (χ4n) is 2.51. The van der Waals surface area contributed by atoms with Crippen LogP contribution in [-0.4, -0.2) is 39.2 Å². The zero-order chi connectivity index (χ0) is 20.0. The maximum Gasteiger partial charge on any atom is 0.252 e. The van der Waals surface area contributed by atoms with E-state index in [2.05, 4.69) is 10.6 Å². The van der Waals surface area contributed by atoms with E-state index in [1.807, 2.05) is 25.1 Å². The van der Waals surface area contributed by atoms with E-state index in [9.17, 15) is 9.59 Å². The Morgan fingerprint density at radius 2 is 1.56 bits per heavy atom. The average Bonchev–Trinajstić information content (AvgIpc) is 2.68. The molecular formula is C20H24N2O5. The molecule has 2 aromatic rings. The first-order chi connectivity index (χ1) is 12.9. The second-order valence-electron chi connectivity index (χ2n) is 5.91. The highest BCUT2D eigenvalue weighted by Gasteiger charge is 2.21. The average molecular weight is 372 g/mol. The number of hydrogen-bond donors (Lipinski definition) is 2. The lowest BCUT2D eigenvalue weighted by Crippen LogP contribution is -2.41. The molecule has 0 aromatic heterocycles. The predicted octanol–water partition coefficient (Wildman–Crippen LogP) is 2.78. The molecule has 27 heavy (non-hydrogen) atoms. The van der Waals surface area contributed by atoms with Crippen LogP contribution in [-0.2, 0) is 4.79 Å². The lowest BCUT2D eigenvalue weighted by molar-refractivity contribution is -0.117. The highest BCUT2D eigenvalue weighted by Crippen LogP contribution is 2.38. The second-order valence-corrected chi connectivity index (χ2v) is 5.91.